The van der Waals surface area contributed by atoms with E-state index in [2.05, 4.69) is 33.4 Å². The summed E-state index contributed by atoms with van der Waals surface area (Å²) in [6.07, 6.45) is 5.10. The SMILES string of the molecule is O=C(NCC(C1=CCCN=CS1)N1CCC(OCc2ccccc2)CC1)c1c(F)cccc1Cl. The highest BCUT2D eigenvalue weighted by molar-refractivity contribution is 8.15. The number of carbonyl (C=O) groups excluding carboxylic acids is 1. The Morgan fingerprint density at radius 1 is 1.21 bits per heavy atom. The van der Waals surface area contributed by atoms with Crippen LogP contribution in [0.25, 0.3) is 0 Å². The predicted octanol–water partition coefficient (Wildman–Crippen LogP) is 5.31. The summed E-state index contributed by atoms with van der Waals surface area (Å²) in [5, 5.41) is 3.03. The zero-order valence-corrected chi connectivity index (χ0v) is 20.5. The molecule has 2 aliphatic rings. The van der Waals surface area contributed by atoms with Gasteiger partial charge in [-0.25, -0.2) is 4.39 Å². The molecule has 2 aromatic carbocycles. The summed E-state index contributed by atoms with van der Waals surface area (Å²) in [6.45, 7) is 3.46. The standard InChI is InChI=1S/C26H29ClFN3O2S/c27-21-8-4-9-22(28)25(21)26(32)30-16-23(24-10-5-13-29-18-34-24)31-14-11-20(12-15-31)33-17-19-6-2-1-3-7-19/h1-4,6-10,18,20,23H,5,11-17H2,(H,30,32). The highest BCUT2D eigenvalue weighted by atomic mass is 35.5. The number of aliphatic imine (C=N–C) groups is 1. The fraction of sp³-hybridized carbons (Fsp3) is 0.385. The van der Waals surface area contributed by atoms with E-state index in [-0.39, 0.29) is 22.7 Å². The molecule has 2 heterocycles. The van der Waals surface area contributed by atoms with Crippen molar-refractivity contribution in [1.29, 1.82) is 0 Å². The molecule has 0 saturated carbocycles. The lowest BCUT2D eigenvalue weighted by Gasteiger charge is -2.38. The Labute approximate surface area is 209 Å². The Bertz CT molecular complexity index is 1010. The van der Waals surface area contributed by atoms with Crippen molar-refractivity contribution in [2.24, 2.45) is 4.99 Å². The number of ether oxygens (including phenoxy) is 1. The molecule has 1 atom stereocenters. The fourth-order valence-corrected chi connectivity index (χ4v) is 5.39. The molecule has 0 spiro atoms. The Morgan fingerprint density at radius 2 is 2.00 bits per heavy atom. The Morgan fingerprint density at radius 3 is 2.76 bits per heavy atom. The molecule has 2 aliphatic heterocycles. The molecule has 1 amide bonds. The number of piperidine rings is 1. The van der Waals surface area contributed by atoms with E-state index in [0.717, 1.165) is 43.8 Å². The van der Waals surface area contributed by atoms with Gasteiger partial charge in [-0.1, -0.05) is 65.8 Å². The molecular formula is C26H29ClFN3O2S. The number of hydrogen-bond acceptors (Lipinski definition) is 5. The van der Waals surface area contributed by atoms with Crippen LogP contribution in [-0.4, -0.2) is 54.7 Å². The molecule has 0 radical (unpaired) electrons. The number of thioether (sulfide) groups is 1. The summed E-state index contributed by atoms with van der Waals surface area (Å²) in [6, 6.07) is 14.5. The van der Waals surface area contributed by atoms with Crippen LogP contribution in [0.5, 0.6) is 0 Å². The minimum atomic E-state index is -0.617. The first-order chi connectivity index (χ1) is 16.6. The highest BCUT2D eigenvalue weighted by Crippen LogP contribution is 2.28. The first-order valence-corrected chi connectivity index (χ1v) is 12.8. The molecule has 1 unspecified atom stereocenters. The first kappa shape index (κ1) is 24.9. The quantitative estimate of drug-likeness (QED) is 0.532. The molecular weight excluding hydrogens is 473 g/mol. The third kappa shape index (κ3) is 6.69. The van der Waals surface area contributed by atoms with E-state index in [1.807, 2.05) is 23.7 Å². The Balaban J connectivity index is 1.39. The lowest BCUT2D eigenvalue weighted by Crippen LogP contribution is -2.49. The monoisotopic (exact) mass is 501 g/mol. The number of nitrogens with one attached hydrogen (secondary N) is 1. The second-order valence-corrected chi connectivity index (χ2v) is 9.70. The normalized spacial score (nSPS) is 18.2. The lowest BCUT2D eigenvalue weighted by molar-refractivity contribution is -0.00741. The van der Waals surface area contributed by atoms with Crippen LogP contribution in [0.3, 0.4) is 0 Å². The van der Waals surface area contributed by atoms with Crippen molar-refractivity contribution >= 4 is 34.8 Å². The van der Waals surface area contributed by atoms with E-state index in [1.54, 1.807) is 11.8 Å². The van der Waals surface area contributed by atoms with E-state index in [9.17, 15) is 9.18 Å². The first-order valence-electron chi connectivity index (χ1n) is 11.6. The minimum Gasteiger partial charge on any atom is -0.373 e. The molecule has 1 fully saturated rings. The summed E-state index contributed by atoms with van der Waals surface area (Å²) >= 11 is 7.68. The van der Waals surface area contributed by atoms with Gasteiger partial charge in [-0.3, -0.25) is 14.7 Å². The summed E-state index contributed by atoms with van der Waals surface area (Å²) in [5.41, 5.74) is 2.94. The molecule has 1 N–H and O–H groups in total. The summed E-state index contributed by atoms with van der Waals surface area (Å²) in [4.78, 5) is 20.7. The van der Waals surface area contributed by atoms with Gasteiger partial charge in [-0.15, -0.1) is 0 Å². The Kier molecular flexibility index (Phi) is 9.16. The largest absolute Gasteiger partial charge is 0.373 e. The highest BCUT2D eigenvalue weighted by Gasteiger charge is 2.29. The van der Waals surface area contributed by atoms with Crippen molar-refractivity contribution in [1.82, 2.24) is 10.2 Å². The number of benzene rings is 2. The van der Waals surface area contributed by atoms with Crippen LogP contribution in [0.2, 0.25) is 5.02 Å². The topological polar surface area (TPSA) is 53.9 Å². The zero-order valence-electron chi connectivity index (χ0n) is 19.0. The number of carbonyl (C=O) groups is 1. The van der Waals surface area contributed by atoms with Crippen molar-refractivity contribution in [2.75, 3.05) is 26.2 Å². The van der Waals surface area contributed by atoms with Gasteiger partial charge in [0.05, 0.1) is 34.9 Å². The van der Waals surface area contributed by atoms with Crippen LogP contribution in [0.15, 0.2) is 64.5 Å². The van der Waals surface area contributed by atoms with E-state index >= 15 is 0 Å². The van der Waals surface area contributed by atoms with Gasteiger partial charge in [-0.2, -0.15) is 0 Å². The average Bonchev–Trinajstić information content (AvgIpc) is 3.14. The molecule has 180 valence electrons. The summed E-state index contributed by atoms with van der Waals surface area (Å²) < 4.78 is 20.4. The third-order valence-electron chi connectivity index (χ3n) is 6.09. The second-order valence-electron chi connectivity index (χ2n) is 8.38. The van der Waals surface area contributed by atoms with Crippen LogP contribution in [0.4, 0.5) is 4.39 Å². The molecule has 2 aromatic rings. The van der Waals surface area contributed by atoms with Gasteiger partial charge in [0.1, 0.15) is 5.82 Å². The predicted molar refractivity (Wildman–Crippen MR) is 137 cm³/mol. The lowest BCUT2D eigenvalue weighted by atomic mass is 10.0. The average molecular weight is 502 g/mol. The number of hydrogen-bond donors (Lipinski definition) is 1. The van der Waals surface area contributed by atoms with E-state index in [1.165, 1.54) is 23.8 Å². The summed E-state index contributed by atoms with van der Waals surface area (Å²) in [5.74, 6) is -1.12. The summed E-state index contributed by atoms with van der Waals surface area (Å²) in [7, 11) is 0. The maximum atomic E-state index is 14.2. The van der Waals surface area contributed by atoms with Crippen molar-refractivity contribution in [3.8, 4) is 0 Å². The molecule has 4 rings (SSSR count). The van der Waals surface area contributed by atoms with Crippen LogP contribution in [-0.2, 0) is 11.3 Å². The number of amides is 1. The van der Waals surface area contributed by atoms with E-state index in [0.29, 0.717) is 13.2 Å². The third-order valence-corrected chi connectivity index (χ3v) is 7.37. The van der Waals surface area contributed by atoms with Crippen LogP contribution >= 0.6 is 23.4 Å². The molecule has 5 nitrogen and oxygen atoms in total. The van der Waals surface area contributed by atoms with E-state index < -0.39 is 11.7 Å². The van der Waals surface area contributed by atoms with Gasteiger partial charge >= 0.3 is 0 Å². The van der Waals surface area contributed by atoms with E-state index in [4.69, 9.17) is 16.3 Å². The number of halogens is 2. The molecule has 1 saturated heterocycles. The molecule has 34 heavy (non-hydrogen) atoms. The molecule has 0 aliphatic carbocycles. The fourth-order valence-electron chi connectivity index (χ4n) is 4.24. The number of nitrogens with zero attached hydrogens (tertiary/aromatic N) is 2. The van der Waals surface area contributed by atoms with Gasteiger partial charge in [-0.05, 0) is 37.0 Å². The molecule has 0 bridgehead atoms. The van der Waals surface area contributed by atoms with Crippen molar-refractivity contribution in [2.45, 2.75) is 38.0 Å². The Hall–Kier alpha value is -2.19. The maximum Gasteiger partial charge on any atom is 0.255 e. The molecule has 8 heteroatoms. The van der Waals surface area contributed by atoms with Crippen LogP contribution in [0.1, 0.15) is 35.2 Å². The van der Waals surface area contributed by atoms with Crippen LogP contribution in [0, 0.1) is 5.82 Å². The number of likely N-dealkylation sites (tertiary alicyclic amines) is 1. The van der Waals surface area contributed by atoms with Crippen molar-refractivity contribution in [3.05, 3.63) is 81.5 Å². The van der Waals surface area contributed by atoms with Crippen LogP contribution < -0.4 is 5.32 Å². The van der Waals surface area contributed by atoms with Gasteiger partial charge < -0.3 is 10.1 Å². The maximum absolute atomic E-state index is 14.2. The smallest absolute Gasteiger partial charge is 0.255 e. The molecule has 0 aromatic heterocycles. The van der Waals surface area contributed by atoms with Gasteiger partial charge in [0.15, 0.2) is 0 Å². The number of rotatable bonds is 8. The van der Waals surface area contributed by atoms with Crippen molar-refractivity contribution < 1.29 is 13.9 Å². The minimum absolute atomic E-state index is 0.0147. The van der Waals surface area contributed by atoms with Gasteiger partial charge in [0, 0.05) is 31.1 Å². The second kappa shape index (κ2) is 12.5. The van der Waals surface area contributed by atoms with Crippen molar-refractivity contribution in [3.63, 3.8) is 0 Å². The van der Waals surface area contributed by atoms with Gasteiger partial charge in [0.25, 0.3) is 5.91 Å². The zero-order chi connectivity index (χ0) is 23.8. The van der Waals surface area contributed by atoms with Gasteiger partial charge in [0.2, 0.25) is 0 Å².